The predicted octanol–water partition coefficient (Wildman–Crippen LogP) is 2.30. The molecule has 0 aliphatic rings. The number of aromatic hydroxyl groups is 1. The Bertz CT molecular complexity index is 511. The number of methoxy groups -OCH3 is 1. The van der Waals surface area contributed by atoms with Crippen molar-refractivity contribution in [1.29, 1.82) is 0 Å². The summed E-state index contributed by atoms with van der Waals surface area (Å²) >= 11 is 1.47. The number of ether oxygens (including phenoxy) is 1. The van der Waals surface area contributed by atoms with Crippen LogP contribution in [0.15, 0.2) is 34.9 Å². The van der Waals surface area contributed by atoms with Crippen LogP contribution in [0.5, 0.6) is 11.5 Å². The SMILES string of the molecule is COc1cc(/C=N/Nc2nccs2)ccc1O. The normalized spacial score (nSPS) is 10.6. The fourth-order valence-electron chi connectivity index (χ4n) is 1.22. The molecule has 6 heteroatoms. The Balaban J connectivity index is 2.05. The number of nitrogens with zero attached hydrogens (tertiary/aromatic N) is 2. The Morgan fingerprint density at radius 2 is 2.41 bits per heavy atom. The van der Waals surface area contributed by atoms with Crippen molar-refractivity contribution in [2.75, 3.05) is 12.5 Å². The lowest BCUT2D eigenvalue weighted by Crippen LogP contribution is -1.91. The maximum absolute atomic E-state index is 9.42. The second-order valence-corrected chi connectivity index (χ2v) is 4.03. The minimum Gasteiger partial charge on any atom is -0.504 e. The molecule has 88 valence electrons. The monoisotopic (exact) mass is 249 g/mol. The van der Waals surface area contributed by atoms with Gasteiger partial charge in [0.25, 0.3) is 0 Å². The van der Waals surface area contributed by atoms with Gasteiger partial charge in [0.15, 0.2) is 11.5 Å². The molecule has 1 aromatic carbocycles. The first kappa shape index (κ1) is 11.4. The lowest BCUT2D eigenvalue weighted by molar-refractivity contribution is 0.373. The number of phenols is 1. The third-order valence-electron chi connectivity index (χ3n) is 2.01. The summed E-state index contributed by atoms with van der Waals surface area (Å²) in [6.07, 6.45) is 3.33. The molecule has 0 unspecified atom stereocenters. The van der Waals surface area contributed by atoms with Crippen molar-refractivity contribution < 1.29 is 9.84 Å². The number of phenolic OH excluding ortho intramolecular Hbond substituents is 1. The van der Waals surface area contributed by atoms with E-state index in [-0.39, 0.29) is 5.75 Å². The first-order valence-corrected chi connectivity index (χ1v) is 5.73. The average Bonchev–Trinajstić information content (AvgIpc) is 2.84. The maximum atomic E-state index is 9.42. The van der Waals surface area contributed by atoms with E-state index in [2.05, 4.69) is 15.5 Å². The van der Waals surface area contributed by atoms with E-state index >= 15 is 0 Å². The number of benzene rings is 1. The number of hydrazone groups is 1. The number of nitrogens with one attached hydrogen (secondary N) is 1. The molecule has 2 N–H and O–H groups in total. The Hall–Kier alpha value is -2.08. The summed E-state index contributed by atoms with van der Waals surface area (Å²) < 4.78 is 5.00. The van der Waals surface area contributed by atoms with E-state index in [0.29, 0.717) is 5.75 Å². The highest BCUT2D eigenvalue weighted by atomic mass is 32.1. The van der Waals surface area contributed by atoms with Crippen LogP contribution >= 0.6 is 11.3 Å². The van der Waals surface area contributed by atoms with Gasteiger partial charge in [-0.1, -0.05) is 0 Å². The first-order chi connectivity index (χ1) is 8.29. The zero-order valence-electron chi connectivity index (χ0n) is 9.12. The van der Waals surface area contributed by atoms with Gasteiger partial charge in [-0.3, -0.25) is 5.43 Å². The molecule has 5 nitrogen and oxygen atoms in total. The summed E-state index contributed by atoms with van der Waals surface area (Å²) in [4.78, 5) is 4.02. The number of anilines is 1. The summed E-state index contributed by atoms with van der Waals surface area (Å²) in [5, 5.41) is 16.0. The summed E-state index contributed by atoms with van der Waals surface area (Å²) in [6, 6.07) is 5.00. The smallest absolute Gasteiger partial charge is 0.203 e. The molecule has 0 radical (unpaired) electrons. The molecule has 0 fully saturated rings. The van der Waals surface area contributed by atoms with Gasteiger partial charge in [0.1, 0.15) is 0 Å². The van der Waals surface area contributed by atoms with Crippen molar-refractivity contribution in [1.82, 2.24) is 4.98 Å². The van der Waals surface area contributed by atoms with Crippen LogP contribution in [0.4, 0.5) is 5.13 Å². The second-order valence-electron chi connectivity index (χ2n) is 3.14. The Morgan fingerprint density at radius 1 is 1.53 bits per heavy atom. The predicted molar refractivity (Wildman–Crippen MR) is 68.0 cm³/mol. The molecular weight excluding hydrogens is 238 g/mol. The highest BCUT2D eigenvalue weighted by Crippen LogP contribution is 2.25. The van der Waals surface area contributed by atoms with Gasteiger partial charge in [-0.25, -0.2) is 4.98 Å². The van der Waals surface area contributed by atoms with Crippen LogP contribution in [0, 0.1) is 0 Å². The van der Waals surface area contributed by atoms with Gasteiger partial charge in [-0.15, -0.1) is 11.3 Å². The first-order valence-electron chi connectivity index (χ1n) is 4.85. The highest BCUT2D eigenvalue weighted by molar-refractivity contribution is 7.13. The third kappa shape index (κ3) is 2.94. The Kier molecular flexibility index (Phi) is 3.56. The topological polar surface area (TPSA) is 66.7 Å². The summed E-state index contributed by atoms with van der Waals surface area (Å²) in [5.74, 6) is 0.528. The number of hydrogen-bond donors (Lipinski definition) is 2. The van der Waals surface area contributed by atoms with Crippen LogP contribution in [0.25, 0.3) is 0 Å². The van der Waals surface area contributed by atoms with Crippen molar-refractivity contribution in [3.05, 3.63) is 35.3 Å². The van der Waals surface area contributed by atoms with Crippen molar-refractivity contribution in [2.45, 2.75) is 0 Å². The molecule has 0 aliphatic carbocycles. The average molecular weight is 249 g/mol. The zero-order chi connectivity index (χ0) is 12.1. The quantitative estimate of drug-likeness (QED) is 0.644. The van der Waals surface area contributed by atoms with Gasteiger partial charge in [0, 0.05) is 11.6 Å². The van der Waals surface area contributed by atoms with Gasteiger partial charge >= 0.3 is 0 Å². The highest BCUT2D eigenvalue weighted by Gasteiger charge is 2.00. The third-order valence-corrected chi connectivity index (χ3v) is 2.69. The van der Waals surface area contributed by atoms with Crippen LogP contribution < -0.4 is 10.2 Å². The molecule has 0 amide bonds. The van der Waals surface area contributed by atoms with E-state index in [1.54, 1.807) is 30.6 Å². The number of hydrogen-bond acceptors (Lipinski definition) is 6. The fraction of sp³-hybridized carbons (Fsp3) is 0.0909. The molecule has 1 heterocycles. The van der Waals surface area contributed by atoms with E-state index in [9.17, 15) is 5.11 Å². The fourth-order valence-corrected chi connectivity index (χ4v) is 1.69. The molecule has 0 saturated carbocycles. The molecule has 17 heavy (non-hydrogen) atoms. The molecular formula is C11H11N3O2S. The summed E-state index contributed by atoms with van der Waals surface area (Å²) in [7, 11) is 1.50. The van der Waals surface area contributed by atoms with E-state index in [1.807, 2.05) is 5.38 Å². The summed E-state index contributed by atoms with van der Waals surface area (Å²) in [5.41, 5.74) is 3.62. The Labute approximate surface area is 102 Å². The van der Waals surface area contributed by atoms with Crippen molar-refractivity contribution >= 4 is 22.7 Å². The van der Waals surface area contributed by atoms with Crippen molar-refractivity contribution in [2.24, 2.45) is 5.10 Å². The molecule has 0 aliphatic heterocycles. The van der Waals surface area contributed by atoms with Crippen LogP contribution in [0.2, 0.25) is 0 Å². The Morgan fingerprint density at radius 3 is 3.12 bits per heavy atom. The number of aromatic nitrogens is 1. The van der Waals surface area contributed by atoms with Gasteiger partial charge in [-0.2, -0.15) is 5.10 Å². The lowest BCUT2D eigenvalue weighted by atomic mass is 10.2. The molecule has 0 spiro atoms. The minimum absolute atomic E-state index is 0.109. The number of rotatable bonds is 4. The van der Waals surface area contributed by atoms with Crippen molar-refractivity contribution in [3.8, 4) is 11.5 Å². The molecule has 2 rings (SSSR count). The maximum Gasteiger partial charge on any atom is 0.203 e. The summed E-state index contributed by atoms with van der Waals surface area (Å²) in [6.45, 7) is 0. The second kappa shape index (κ2) is 5.31. The standard InChI is InChI=1S/C11H11N3O2S/c1-16-10-6-8(2-3-9(10)15)7-13-14-11-12-4-5-17-11/h2-7,15H,1H3,(H,12,14)/b13-7+. The van der Waals surface area contributed by atoms with Gasteiger partial charge in [0.2, 0.25) is 5.13 Å². The van der Waals surface area contributed by atoms with E-state index < -0.39 is 0 Å². The van der Waals surface area contributed by atoms with Crippen LogP contribution in [-0.2, 0) is 0 Å². The van der Waals surface area contributed by atoms with E-state index in [4.69, 9.17) is 4.74 Å². The molecule has 1 aromatic heterocycles. The molecule has 2 aromatic rings. The van der Waals surface area contributed by atoms with Gasteiger partial charge in [-0.05, 0) is 23.8 Å². The zero-order valence-corrected chi connectivity index (χ0v) is 9.94. The molecule has 0 bridgehead atoms. The van der Waals surface area contributed by atoms with Crippen LogP contribution in [0.1, 0.15) is 5.56 Å². The minimum atomic E-state index is 0.109. The largest absolute Gasteiger partial charge is 0.504 e. The van der Waals surface area contributed by atoms with E-state index in [1.165, 1.54) is 18.4 Å². The molecule has 0 atom stereocenters. The van der Waals surface area contributed by atoms with Crippen LogP contribution in [-0.4, -0.2) is 23.4 Å². The van der Waals surface area contributed by atoms with Crippen molar-refractivity contribution in [3.63, 3.8) is 0 Å². The lowest BCUT2D eigenvalue weighted by Gasteiger charge is -2.03. The number of thiazole rings is 1. The van der Waals surface area contributed by atoms with Gasteiger partial charge < -0.3 is 9.84 Å². The molecule has 0 saturated heterocycles. The van der Waals surface area contributed by atoms with Gasteiger partial charge in [0.05, 0.1) is 13.3 Å². The van der Waals surface area contributed by atoms with E-state index in [0.717, 1.165) is 10.7 Å². The van der Waals surface area contributed by atoms with Crippen LogP contribution in [0.3, 0.4) is 0 Å².